The molecule has 0 saturated heterocycles. The van der Waals surface area contributed by atoms with E-state index in [0.29, 0.717) is 28.6 Å². The zero-order valence-electron chi connectivity index (χ0n) is 15.8. The Labute approximate surface area is 165 Å². The topological polar surface area (TPSA) is 82.7 Å². The number of hydrogen-bond donors (Lipinski definition) is 2. The van der Waals surface area contributed by atoms with Crippen molar-refractivity contribution < 1.29 is 13.6 Å². The molecular formula is C21H17F2N5O. The van der Waals surface area contributed by atoms with E-state index in [4.69, 9.17) is 10.2 Å². The van der Waals surface area contributed by atoms with Crippen molar-refractivity contribution in [3.8, 4) is 17.3 Å². The van der Waals surface area contributed by atoms with Crippen LogP contribution in [0.2, 0.25) is 0 Å². The van der Waals surface area contributed by atoms with E-state index in [2.05, 4.69) is 10.6 Å². The zero-order chi connectivity index (χ0) is 20.8. The molecule has 0 bridgehead atoms. The second kappa shape index (κ2) is 6.71. The molecule has 0 radical (unpaired) electrons. The van der Waals surface area contributed by atoms with E-state index in [1.54, 1.807) is 16.7 Å². The molecule has 3 aromatic rings. The van der Waals surface area contributed by atoms with Crippen LogP contribution in [0.5, 0.6) is 0 Å². The van der Waals surface area contributed by atoms with E-state index < -0.39 is 11.4 Å². The van der Waals surface area contributed by atoms with Crippen LogP contribution in [0, 0.1) is 23.0 Å². The summed E-state index contributed by atoms with van der Waals surface area (Å²) in [5.74, 6) is -0.0359. The maximum atomic E-state index is 13.7. The largest absolute Gasteiger partial charge is 0.342 e. The lowest BCUT2D eigenvalue weighted by molar-refractivity contribution is -0.124. The first kappa shape index (κ1) is 18.6. The molecule has 8 heteroatoms. The van der Waals surface area contributed by atoms with Crippen molar-refractivity contribution in [3.05, 3.63) is 65.5 Å². The average Bonchev–Trinajstić information content (AvgIpc) is 3.02. The molecule has 0 fully saturated rings. The Balaban J connectivity index is 1.89. The smallest absolute Gasteiger partial charge is 0.240 e. The van der Waals surface area contributed by atoms with E-state index in [0.717, 1.165) is 0 Å². The number of imidazole rings is 1. The molecular weight excluding hydrogens is 376 g/mol. The van der Waals surface area contributed by atoms with Crippen molar-refractivity contribution in [2.24, 2.45) is 0 Å². The van der Waals surface area contributed by atoms with Crippen molar-refractivity contribution in [2.75, 3.05) is 5.32 Å². The third kappa shape index (κ3) is 3.31. The number of halogens is 2. The van der Waals surface area contributed by atoms with Crippen LogP contribution in [0.1, 0.15) is 25.2 Å². The first-order valence-corrected chi connectivity index (χ1v) is 8.93. The van der Waals surface area contributed by atoms with Gasteiger partial charge in [-0.1, -0.05) is 0 Å². The summed E-state index contributed by atoms with van der Waals surface area (Å²) in [6.07, 6.45) is 0. The van der Waals surface area contributed by atoms with Crippen LogP contribution >= 0.6 is 0 Å². The molecule has 1 aliphatic heterocycles. The van der Waals surface area contributed by atoms with E-state index >= 15 is 0 Å². The Morgan fingerprint density at radius 2 is 1.93 bits per heavy atom. The fraction of sp³-hybridized carbons (Fsp3) is 0.190. The molecule has 1 aromatic heterocycles. The first-order chi connectivity index (χ1) is 13.8. The van der Waals surface area contributed by atoms with Gasteiger partial charge in [-0.2, -0.15) is 5.26 Å². The van der Waals surface area contributed by atoms with Gasteiger partial charge in [0.1, 0.15) is 41.6 Å². The predicted octanol–water partition coefficient (Wildman–Crippen LogP) is 3.81. The number of amides is 1. The van der Waals surface area contributed by atoms with Gasteiger partial charge in [0.05, 0.1) is 11.1 Å². The molecule has 2 heterocycles. The summed E-state index contributed by atoms with van der Waals surface area (Å²) in [4.78, 5) is 17.0. The number of benzene rings is 2. The highest BCUT2D eigenvalue weighted by molar-refractivity contribution is 5.83. The Morgan fingerprint density at radius 1 is 1.21 bits per heavy atom. The van der Waals surface area contributed by atoms with Gasteiger partial charge in [-0.3, -0.25) is 4.79 Å². The molecule has 6 nitrogen and oxygen atoms in total. The van der Waals surface area contributed by atoms with Gasteiger partial charge in [0.2, 0.25) is 5.91 Å². The number of nitrogens with zero attached hydrogens (tertiary/aromatic N) is 3. The molecule has 2 N–H and O–H groups in total. The van der Waals surface area contributed by atoms with Gasteiger partial charge in [0, 0.05) is 11.3 Å². The van der Waals surface area contributed by atoms with Gasteiger partial charge in [-0.15, -0.1) is 0 Å². The number of fused-ring (bicyclic) bond motifs is 1. The highest BCUT2D eigenvalue weighted by Gasteiger charge is 2.36. The summed E-state index contributed by atoms with van der Waals surface area (Å²) >= 11 is 0. The minimum atomic E-state index is -0.718. The SMILES string of the molecule is CC1(C)NC(=O)Cn2c1nc(-c1ccc(F)cc1)c2Nc1ccc(F)c(C#N)c1. The second-order valence-corrected chi connectivity index (χ2v) is 7.33. The highest BCUT2D eigenvalue weighted by atomic mass is 19.1. The number of carbonyl (C=O) groups is 1. The number of carbonyl (C=O) groups excluding carboxylic acids is 1. The minimum absolute atomic E-state index is 0.0432. The molecule has 0 aliphatic carbocycles. The van der Waals surface area contributed by atoms with Gasteiger partial charge < -0.3 is 15.2 Å². The number of anilines is 2. The highest BCUT2D eigenvalue weighted by Crippen LogP contribution is 2.36. The van der Waals surface area contributed by atoms with Crippen molar-refractivity contribution in [2.45, 2.75) is 25.9 Å². The van der Waals surface area contributed by atoms with Crippen molar-refractivity contribution >= 4 is 17.4 Å². The predicted molar refractivity (Wildman–Crippen MR) is 103 cm³/mol. The van der Waals surface area contributed by atoms with Gasteiger partial charge in [-0.25, -0.2) is 13.8 Å². The zero-order valence-corrected chi connectivity index (χ0v) is 15.8. The first-order valence-electron chi connectivity index (χ1n) is 8.93. The van der Waals surface area contributed by atoms with Crippen molar-refractivity contribution in [1.82, 2.24) is 14.9 Å². The number of aromatic nitrogens is 2. The second-order valence-electron chi connectivity index (χ2n) is 7.33. The van der Waals surface area contributed by atoms with Crippen LogP contribution in [0.25, 0.3) is 11.3 Å². The molecule has 0 unspecified atom stereocenters. The molecule has 29 heavy (non-hydrogen) atoms. The maximum absolute atomic E-state index is 13.7. The molecule has 146 valence electrons. The summed E-state index contributed by atoms with van der Waals surface area (Å²) in [5, 5.41) is 15.2. The number of hydrogen-bond acceptors (Lipinski definition) is 4. The Morgan fingerprint density at radius 3 is 2.62 bits per heavy atom. The molecule has 2 aromatic carbocycles. The number of nitrogens with one attached hydrogen (secondary N) is 2. The maximum Gasteiger partial charge on any atom is 0.240 e. The summed E-state index contributed by atoms with van der Waals surface area (Å²) in [7, 11) is 0. The average molecular weight is 393 g/mol. The van der Waals surface area contributed by atoms with E-state index in [1.165, 1.54) is 30.3 Å². The summed E-state index contributed by atoms with van der Waals surface area (Å²) in [5.41, 5.74) is 0.826. The van der Waals surface area contributed by atoms with E-state index in [1.807, 2.05) is 19.9 Å². The Bertz CT molecular complexity index is 1160. The van der Waals surface area contributed by atoms with Gasteiger partial charge in [0.15, 0.2) is 0 Å². The van der Waals surface area contributed by atoms with Crippen molar-refractivity contribution in [3.63, 3.8) is 0 Å². The minimum Gasteiger partial charge on any atom is -0.342 e. The Kier molecular flexibility index (Phi) is 4.31. The molecule has 1 amide bonds. The van der Waals surface area contributed by atoms with E-state index in [-0.39, 0.29) is 23.8 Å². The molecule has 4 rings (SSSR count). The third-order valence-corrected chi connectivity index (χ3v) is 4.75. The van der Waals surface area contributed by atoms with Crippen LogP contribution in [0.3, 0.4) is 0 Å². The van der Waals surface area contributed by atoms with Crippen LogP contribution < -0.4 is 10.6 Å². The monoisotopic (exact) mass is 393 g/mol. The van der Waals surface area contributed by atoms with Gasteiger partial charge in [0.25, 0.3) is 0 Å². The molecule has 0 atom stereocenters. The van der Waals surface area contributed by atoms with Gasteiger partial charge in [-0.05, 0) is 56.3 Å². The normalized spacial score (nSPS) is 14.7. The quantitative estimate of drug-likeness (QED) is 0.709. The van der Waals surface area contributed by atoms with Crippen LogP contribution in [0.4, 0.5) is 20.3 Å². The van der Waals surface area contributed by atoms with Crippen LogP contribution in [0.15, 0.2) is 42.5 Å². The summed E-state index contributed by atoms with van der Waals surface area (Å²) in [6, 6.07) is 11.8. The lowest BCUT2D eigenvalue weighted by atomic mass is 10.0. The lowest BCUT2D eigenvalue weighted by Crippen LogP contribution is -2.49. The number of rotatable bonds is 3. The standard InChI is InChI=1S/C21H17F2N5O/c1-21(2)20-26-18(12-3-5-14(22)6-4-12)19(28(20)11-17(29)27-21)25-15-7-8-16(23)13(9-15)10-24/h3-9,25H,11H2,1-2H3,(H,27,29). The fourth-order valence-electron chi connectivity index (χ4n) is 3.43. The van der Waals surface area contributed by atoms with Crippen LogP contribution in [-0.2, 0) is 16.9 Å². The molecule has 1 aliphatic rings. The summed E-state index contributed by atoms with van der Waals surface area (Å²) in [6.45, 7) is 3.72. The van der Waals surface area contributed by atoms with E-state index in [9.17, 15) is 13.6 Å². The molecule has 0 saturated carbocycles. The Hall–Kier alpha value is -3.73. The van der Waals surface area contributed by atoms with Gasteiger partial charge >= 0.3 is 0 Å². The fourth-order valence-corrected chi connectivity index (χ4v) is 3.43. The van der Waals surface area contributed by atoms with Crippen LogP contribution in [-0.4, -0.2) is 15.5 Å². The summed E-state index contributed by atoms with van der Waals surface area (Å²) < 4.78 is 28.9. The lowest BCUT2D eigenvalue weighted by Gasteiger charge is -2.31. The number of nitriles is 1. The molecule has 0 spiro atoms. The van der Waals surface area contributed by atoms with Crippen molar-refractivity contribution in [1.29, 1.82) is 5.26 Å². The third-order valence-electron chi connectivity index (χ3n) is 4.75.